The minimum Gasteiger partial charge on any atom is -0.268 e. The first-order chi connectivity index (χ1) is 28.9. The lowest BCUT2D eigenvalue weighted by molar-refractivity contribution is 0.0870. The Balaban J connectivity index is 1.39. The molecule has 2 heterocycles. The van der Waals surface area contributed by atoms with Crippen LogP contribution in [0.25, 0.3) is 10.8 Å². The molecule has 0 radical (unpaired) electrons. The lowest BCUT2D eigenvalue weighted by Crippen LogP contribution is -2.44. The normalized spacial score (nSPS) is 14.6. The molecular weight excluding hydrogens is 805 g/mol. The Labute approximate surface area is 374 Å². The van der Waals surface area contributed by atoms with E-state index in [2.05, 4.69) is 107 Å². The van der Waals surface area contributed by atoms with Crippen molar-refractivity contribution in [3.63, 3.8) is 0 Å². The fraction of sp³-hybridized carbons (Fsp3) is 0.296. The number of imide groups is 2. The van der Waals surface area contributed by atoms with Gasteiger partial charge in [0.15, 0.2) is 0 Å². The Hall–Kier alpha value is -5.44. The van der Waals surface area contributed by atoms with E-state index in [0.717, 1.165) is 32.0 Å². The number of anilines is 2. The fourth-order valence-corrected chi connectivity index (χ4v) is 10.1. The first-order valence-corrected chi connectivity index (χ1v) is 22.8. The van der Waals surface area contributed by atoms with Gasteiger partial charge >= 0.3 is 0 Å². The summed E-state index contributed by atoms with van der Waals surface area (Å²) in [5.41, 5.74) is 6.05. The molecule has 8 rings (SSSR count). The third-order valence-electron chi connectivity index (χ3n) is 11.9. The molecule has 0 saturated heterocycles. The van der Waals surface area contributed by atoms with Gasteiger partial charge < -0.3 is 0 Å². The molecule has 2 aliphatic heterocycles. The summed E-state index contributed by atoms with van der Waals surface area (Å²) in [4.78, 5) is 65.8. The number of rotatable bonds is 6. The van der Waals surface area contributed by atoms with Crippen LogP contribution < -0.4 is 9.80 Å². The van der Waals surface area contributed by atoms with Gasteiger partial charge in [-0.15, -0.1) is 0 Å². The number of benzene rings is 6. The van der Waals surface area contributed by atoms with Crippen LogP contribution in [-0.2, 0) is 21.7 Å². The van der Waals surface area contributed by atoms with Gasteiger partial charge in [-0.1, -0.05) is 155 Å². The van der Waals surface area contributed by atoms with Crippen LogP contribution in [0.5, 0.6) is 0 Å². The Morgan fingerprint density at radius 3 is 0.871 bits per heavy atom. The standard InChI is InChI=1S/C54H54N2O4S2/c1-51(2,3)31-13-21-35(22-14-31)55-47(57)39-29-42(62-38-27-19-34(20-28-38)54(10,11)12)46-44-40(48(58)56(50(46)60)36-23-15-32(16-24-36)52(4,5)6)30-41(45(43(39)44)49(55)59)61-37-25-17-33(18-26-37)53(7,8)9/h13-30H,1-12H3. The van der Waals surface area contributed by atoms with Crippen LogP contribution in [0.4, 0.5) is 11.4 Å². The molecule has 2 aliphatic rings. The Morgan fingerprint density at radius 1 is 0.355 bits per heavy atom. The molecule has 0 fully saturated rings. The second kappa shape index (κ2) is 15.1. The topological polar surface area (TPSA) is 74.8 Å². The third kappa shape index (κ3) is 7.70. The van der Waals surface area contributed by atoms with Crippen molar-refractivity contribution in [3.05, 3.63) is 154 Å². The van der Waals surface area contributed by atoms with Crippen molar-refractivity contribution in [2.75, 3.05) is 9.80 Å². The zero-order valence-electron chi connectivity index (χ0n) is 37.7. The van der Waals surface area contributed by atoms with E-state index in [4.69, 9.17) is 0 Å². The monoisotopic (exact) mass is 858 g/mol. The molecule has 6 aromatic rings. The summed E-state index contributed by atoms with van der Waals surface area (Å²) >= 11 is 2.76. The summed E-state index contributed by atoms with van der Waals surface area (Å²) in [6.07, 6.45) is 0. The van der Waals surface area contributed by atoms with E-state index >= 15 is 19.2 Å². The smallest absolute Gasteiger partial charge is 0.267 e. The van der Waals surface area contributed by atoms with Gasteiger partial charge in [-0.3, -0.25) is 19.2 Å². The van der Waals surface area contributed by atoms with Crippen LogP contribution in [0.1, 0.15) is 147 Å². The number of hydrogen-bond acceptors (Lipinski definition) is 6. The van der Waals surface area contributed by atoms with Gasteiger partial charge in [-0.05, 0) is 105 Å². The van der Waals surface area contributed by atoms with Crippen LogP contribution in [0, 0.1) is 0 Å². The van der Waals surface area contributed by atoms with Crippen molar-refractivity contribution in [1.29, 1.82) is 0 Å². The van der Waals surface area contributed by atoms with Gasteiger partial charge in [0.2, 0.25) is 0 Å². The Kier molecular flexibility index (Phi) is 10.5. The second-order valence-electron chi connectivity index (χ2n) is 20.6. The number of amides is 4. The molecule has 316 valence electrons. The van der Waals surface area contributed by atoms with E-state index in [0.29, 0.717) is 43.1 Å². The Morgan fingerprint density at radius 2 is 0.613 bits per heavy atom. The van der Waals surface area contributed by atoms with Crippen molar-refractivity contribution in [1.82, 2.24) is 0 Å². The molecule has 0 unspecified atom stereocenters. The van der Waals surface area contributed by atoms with E-state index in [1.165, 1.54) is 33.3 Å². The van der Waals surface area contributed by atoms with Gasteiger partial charge in [-0.2, -0.15) is 0 Å². The van der Waals surface area contributed by atoms with E-state index in [1.807, 2.05) is 72.8 Å². The van der Waals surface area contributed by atoms with Gasteiger partial charge in [0.05, 0.1) is 33.6 Å². The predicted octanol–water partition coefficient (Wildman–Crippen LogP) is 13.9. The van der Waals surface area contributed by atoms with Crippen molar-refractivity contribution in [3.8, 4) is 0 Å². The van der Waals surface area contributed by atoms with Crippen molar-refractivity contribution >= 4 is 69.3 Å². The highest BCUT2D eigenvalue weighted by atomic mass is 32.2. The third-order valence-corrected chi connectivity index (χ3v) is 14.0. The largest absolute Gasteiger partial charge is 0.268 e. The summed E-state index contributed by atoms with van der Waals surface area (Å²) in [6.45, 7) is 25.7. The summed E-state index contributed by atoms with van der Waals surface area (Å²) < 4.78 is 0. The van der Waals surface area contributed by atoms with Crippen LogP contribution in [-0.4, -0.2) is 23.6 Å². The minimum atomic E-state index is -0.509. The molecule has 0 bridgehead atoms. The molecule has 6 nitrogen and oxygen atoms in total. The van der Waals surface area contributed by atoms with Crippen LogP contribution in [0.2, 0.25) is 0 Å². The summed E-state index contributed by atoms with van der Waals surface area (Å²) in [5, 5.41) is 0.668. The lowest BCUT2D eigenvalue weighted by atomic mass is 9.84. The van der Waals surface area contributed by atoms with Gasteiger partial charge in [-0.25, -0.2) is 9.80 Å². The molecule has 0 saturated carbocycles. The zero-order chi connectivity index (χ0) is 44.8. The van der Waals surface area contributed by atoms with Crippen LogP contribution >= 0.6 is 23.5 Å². The molecule has 8 heteroatoms. The van der Waals surface area contributed by atoms with Gasteiger partial charge in [0.1, 0.15) is 0 Å². The van der Waals surface area contributed by atoms with E-state index in [9.17, 15) is 0 Å². The highest BCUT2D eigenvalue weighted by Gasteiger charge is 2.44. The maximum atomic E-state index is 15.2. The average molecular weight is 859 g/mol. The first-order valence-electron chi connectivity index (χ1n) is 21.2. The molecule has 0 spiro atoms. The minimum absolute atomic E-state index is 0.0647. The number of carbonyl (C=O) groups excluding carboxylic acids is 4. The molecule has 0 atom stereocenters. The maximum absolute atomic E-state index is 15.2. The van der Waals surface area contributed by atoms with Gasteiger partial charge in [0, 0.05) is 30.4 Å². The Bertz CT molecular complexity index is 2620. The molecule has 6 aromatic carbocycles. The van der Waals surface area contributed by atoms with Crippen LogP contribution in [0.15, 0.2) is 129 Å². The highest BCUT2D eigenvalue weighted by molar-refractivity contribution is 7.99. The first kappa shape index (κ1) is 43.2. The summed E-state index contributed by atoms with van der Waals surface area (Å²) in [7, 11) is 0. The predicted molar refractivity (Wildman–Crippen MR) is 255 cm³/mol. The average Bonchev–Trinajstić information content (AvgIpc) is 3.19. The van der Waals surface area contributed by atoms with Crippen molar-refractivity contribution in [2.45, 2.75) is 124 Å². The zero-order valence-corrected chi connectivity index (χ0v) is 39.4. The molecule has 62 heavy (non-hydrogen) atoms. The SMILES string of the molecule is CC(C)(C)c1ccc(Sc2cc3c4c(c(Sc5ccc(C(C)(C)C)cc5)cc5c4c2C(=O)N(c2ccc(C(C)(C)C)cc2)C5=O)C(=O)N(c2ccc(C(C)(C)C)cc2)C3=O)cc1. The molecule has 0 aliphatic carbocycles. The van der Waals surface area contributed by atoms with E-state index in [-0.39, 0.29) is 32.8 Å². The second-order valence-corrected chi connectivity index (χ2v) is 22.8. The van der Waals surface area contributed by atoms with Crippen molar-refractivity contribution < 1.29 is 19.2 Å². The number of hydrogen-bond donors (Lipinski definition) is 0. The lowest BCUT2D eigenvalue weighted by Gasteiger charge is -2.34. The number of nitrogens with zero attached hydrogens (tertiary/aromatic N) is 2. The fourth-order valence-electron chi connectivity index (χ4n) is 8.15. The summed E-state index contributed by atoms with van der Waals surface area (Å²) in [5.74, 6) is -2.03. The quantitative estimate of drug-likeness (QED) is 0.155. The van der Waals surface area contributed by atoms with Crippen molar-refractivity contribution in [2.24, 2.45) is 0 Å². The highest BCUT2D eigenvalue weighted by Crippen LogP contribution is 2.49. The van der Waals surface area contributed by atoms with E-state index in [1.54, 1.807) is 12.1 Å². The maximum Gasteiger partial charge on any atom is 0.267 e. The summed E-state index contributed by atoms with van der Waals surface area (Å²) in [6, 6.07) is 35.1. The number of carbonyl (C=O) groups is 4. The molecule has 4 amide bonds. The van der Waals surface area contributed by atoms with Gasteiger partial charge in [0.25, 0.3) is 23.6 Å². The molecule has 0 aromatic heterocycles. The van der Waals surface area contributed by atoms with Crippen LogP contribution in [0.3, 0.4) is 0 Å². The molecular formula is C54H54N2O4S2. The molecule has 0 N–H and O–H groups in total. The van der Waals surface area contributed by atoms with E-state index < -0.39 is 23.6 Å².